The topological polar surface area (TPSA) is 74.6 Å². The zero-order valence-corrected chi connectivity index (χ0v) is 8.59. The largest absolute Gasteiger partial charge is 0.481 e. The number of hydrogen-bond acceptors (Lipinski definition) is 2. The van der Waals surface area contributed by atoms with E-state index in [1.165, 1.54) is 6.08 Å². The van der Waals surface area contributed by atoms with Gasteiger partial charge in [0.1, 0.15) is 0 Å². The molecule has 1 aromatic rings. The van der Waals surface area contributed by atoms with Crippen LogP contribution in [0.5, 0.6) is 0 Å². The number of aliphatic carboxylic acids is 2. The summed E-state index contributed by atoms with van der Waals surface area (Å²) in [6.07, 6.45) is 3.05. The minimum atomic E-state index is -1.00. The van der Waals surface area contributed by atoms with Crippen molar-refractivity contribution in [2.24, 2.45) is 0 Å². The molecule has 0 spiro atoms. The molecule has 84 valence electrons. The molecule has 16 heavy (non-hydrogen) atoms. The van der Waals surface area contributed by atoms with E-state index in [-0.39, 0.29) is 6.42 Å². The summed E-state index contributed by atoms with van der Waals surface area (Å²) >= 11 is 0. The fourth-order valence-corrected chi connectivity index (χ4v) is 1.27. The first-order valence-electron chi connectivity index (χ1n) is 4.79. The van der Waals surface area contributed by atoms with Crippen LogP contribution in [-0.4, -0.2) is 22.2 Å². The van der Waals surface area contributed by atoms with Crippen LogP contribution in [-0.2, 0) is 16.0 Å². The van der Waals surface area contributed by atoms with E-state index in [4.69, 9.17) is 10.2 Å². The lowest BCUT2D eigenvalue weighted by Gasteiger charge is -2.00. The molecule has 0 saturated heterocycles. The summed E-state index contributed by atoms with van der Waals surface area (Å²) in [4.78, 5) is 20.7. The molecule has 0 fully saturated rings. The number of rotatable bonds is 5. The Morgan fingerprint density at radius 2 is 2.00 bits per heavy atom. The van der Waals surface area contributed by atoms with Crippen LogP contribution in [0, 0.1) is 0 Å². The zero-order valence-electron chi connectivity index (χ0n) is 8.59. The van der Waals surface area contributed by atoms with E-state index in [0.717, 1.165) is 17.2 Å². The van der Waals surface area contributed by atoms with Crippen molar-refractivity contribution in [3.8, 4) is 0 Å². The van der Waals surface area contributed by atoms with Gasteiger partial charge in [0.05, 0.1) is 0 Å². The maximum atomic E-state index is 10.4. The number of benzene rings is 1. The summed E-state index contributed by atoms with van der Waals surface area (Å²) in [5.74, 6) is -1.84. The van der Waals surface area contributed by atoms with E-state index in [1.54, 1.807) is 18.2 Å². The number of hydrogen-bond donors (Lipinski definition) is 2. The highest BCUT2D eigenvalue weighted by Crippen LogP contribution is 2.09. The molecule has 0 saturated carbocycles. The monoisotopic (exact) mass is 220 g/mol. The average molecular weight is 220 g/mol. The summed E-state index contributed by atoms with van der Waals surface area (Å²) in [5.41, 5.74) is 1.64. The molecular weight excluding hydrogens is 208 g/mol. The second-order valence-electron chi connectivity index (χ2n) is 3.31. The number of carboxylic acid groups (broad SMARTS) is 2. The molecular formula is C12H12O4. The Hall–Kier alpha value is -2.10. The highest BCUT2D eigenvalue weighted by atomic mass is 16.4. The minimum absolute atomic E-state index is 0.0755. The van der Waals surface area contributed by atoms with Crippen LogP contribution in [0.2, 0.25) is 0 Å². The number of carboxylic acids is 2. The third-order valence-electron chi connectivity index (χ3n) is 2.00. The molecule has 0 aromatic heterocycles. The Morgan fingerprint density at radius 1 is 1.25 bits per heavy atom. The van der Waals surface area contributed by atoms with Gasteiger partial charge < -0.3 is 10.2 Å². The normalized spacial score (nSPS) is 10.5. The van der Waals surface area contributed by atoms with Gasteiger partial charge in [0, 0.05) is 12.5 Å². The second kappa shape index (κ2) is 5.70. The smallest absolute Gasteiger partial charge is 0.328 e. The van der Waals surface area contributed by atoms with Crippen molar-refractivity contribution in [1.82, 2.24) is 0 Å². The van der Waals surface area contributed by atoms with Crippen molar-refractivity contribution in [3.05, 3.63) is 41.5 Å². The molecule has 0 aliphatic rings. The first-order valence-corrected chi connectivity index (χ1v) is 4.79. The molecule has 0 heterocycles. The SMILES string of the molecule is O=C(O)C=Cc1cccc(CCC(=O)O)c1. The van der Waals surface area contributed by atoms with E-state index in [9.17, 15) is 9.59 Å². The van der Waals surface area contributed by atoms with Gasteiger partial charge >= 0.3 is 11.9 Å². The van der Waals surface area contributed by atoms with Crippen LogP contribution in [0.15, 0.2) is 30.3 Å². The van der Waals surface area contributed by atoms with Gasteiger partial charge in [-0.2, -0.15) is 0 Å². The highest BCUT2D eigenvalue weighted by Gasteiger charge is 1.99. The molecule has 4 heteroatoms. The standard InChI is InChI=1S/C12H12O4/c13-11(14)6-4-9-2-1-3-10(8-9)5-7-12(15)16/h1-4,6,8H,5,7H2,(H,13,14)(H,15,16). The fraction of sp³-hybridized carbons (Fsp3) is 0.167. The molecule has 0 aliphatic heterocycles. The maximum Gasteiger partial charge on any atom is 0.328 e. The van der Waals surface area contributed by atoms with Crippen LogP contribution in [0.3, 0.4) is 0 Å². The quantitative estimate of drug-likeness (QED) is 0.742. The lowest BCUT2D eigenvalue weighted by Crippen LogP contribution is -1.97. The zero-order chi connectivity index (χ0) is 12.0. The molecule has 0 unspecified atom stereocenters. The summed E-state index contributed by atoms with van der Waals surface area (Å²) < 4.78 is 0. The predicted molar refractivity (Wildman–Crippen MR) is 59.1 cm³/mol. The van der Waals surface area contributed by atoms with Crippen LogP contribution >= 0.6 is 0 Å². The summed E-state index contributed by atoms with van der Waals surface area (Å²) in [6, 6.07) is 7.14. The minimum Gasteiger partial charge on any atom is -0.481 e. The van der Waals surface area contributed by atoms with Gasteiger partial charge in [-0.15, -0.1) is 0 Å². The molecule has 1 aromatic carbocycles. The van der Waals surface area contributed by atoms with Crippen LogP contribution in [0.4, 0.5) is 0 Å². The Morgan fingerprint density at radius 3 is 2.62 bits per heavy atom. The highest BCUT2D eigenvalue weighted by molar-refractivity contribution is 5.85. The van der Waals surface area contributed by atoms with E-state index in [2.05, 4.69) is 0 Å². The first-order chi connectivity index (χ1) is 7.58. The molecule has 4 nitrogen and oxygen atoms in total. The van der Waals surface area contributed by atoms with Gasteiger partial charge in [0.15, 0.2) is 0 Å². The van der Waals surface area contributed by atoms with E-state index >= 15 is 0 Å². The van der Waals surface area contributed by atoms with Gasteiger partial charge in [-0.25, -0.2) is 4.79 Å². The molecule has 2 N–H and O–H groups in total. The lowest BCUT2D eigenvalue weighted by atomic mass is 10.1. The van der Waals surface area contributed by atoms with Crippen molar-refractivity contribution in [2.45, 2.75) is 12.8 Å². The third kappa shape index (κ3) is 4.41. The van der Waals surface area contributed by atoms with Crippen molar-refractivity contribution >= 4 is 18.0 Å². The van der Waals surface area contributed by atoms with Gasteiger partial charge in [0.25, 0.3) is 0 Å². The Kier molecular flexibility index (Phi) is 4.27. The van der Waals surface area contributed by atoms with Crippen molar-refractivity contribution < 1.29 is 19.8 Å². The van der Waals surface area contributed by atoms with Crippen molar-refractivity contribution in [2.75, 3.05) is 0 Å². The lowest BCUT2D eigenvalue weighted by molar-refractivity contribution is -0.137. The van der Waals surface area contributed by atoms with Gasteiger partial charge in [-0.05, 0) is 23.6 Å². The van der Waals surface area contributed by atoms with Crippen LogP contribution in [0.1, 0.15) is 17.5 Å². The predicted octanol–water partition coefficient (Wildman–Crippen LogP) is 1.80. The molecule has 0 radical (unpaired) electrons. The molecule has 0 atom stereocenters. The van der Waals surface area contributed by atoms with E-state index < -0.39 is 11.9 Å². The number of carbonyl (C=O) groups is 2. The Labute approximate surface area is 92.8 Å². The Bertz CT molecular complexity index is 421. The Balaban J connectivity index is 2.71. The van der Waals surface area contributed by atoms with Crippen molar-refractivity contribution in [1.29, 1.82) is 0 Å². The molecule has 0 bridgehead atoms. The molecule has 0 amide bonds. The van der Waals surface area contributed by atoms with E-state index in [0.29, 0.717) is 6.42 Å². The van der Waals surface area contributed by atoms with Crippen LogP contribution in [0.25, 0.3) is 6.08 Å². The van der Waals surface area contributed by atoms with Gasteiger partial charge in [-0.1, -0.05) is 24.3 Å². The second-order valence-corrected chi connectivity index (χ2v) is 3.31. The summed E-state index contributed by atoms with van der Waals surface area (Å²) in [7, 11) is 0. The summed E-state index contributed by atoms with van der Waals surface area (Å²) in [6.45, 7) is 0. The molecule has 1 rings (SSSR count). The van der Waals surface area contributed by atoms with Gasteiger partial charge in [0.2, 0.25) is 0 Å². The van der Waals surface area contributed by atoms with Crippen LogP contribution < -0.4 is 0 Å². The number of aryl methyl sites for hydroxylation is 1. The van der Waals surface area contributed by atoms with Crippen molar-refractivity contribution in [3.63, 3.8) is 0 Å². The molecule has 0 aliphatic carbocycles. The first kappa shape index (κ1) is 12.0. The van der Waals surface area contributed by atoms with E-state index in [1.807, 2.05) is 6.07 Å². The third-order valence-corrected chi connectivity index (χ3v) is 2.00. The fourth-order valence-electron chi connectivity index (χ4n) is 1.27. The van der Waals surface area contributed by atoms with Gasteiger partial charge in [-0.3, -0.25) is 4.79 Å². The average Bonchev–Trinajstić information content (AvgIpc) is 2.24. The summed E-state index contributed by atoms with van der Waals surface area (Å²) in [5, 5.41) is 17.0. The maximum absolute atomic E-state index is 10.4.